The summed E-state index contributed by atoms with van der Waals surface area (Å²) in [4.78, 5) is 22.0. The fraction of sp³-hybridized carbons (Fsp3) is 0.643. The highest BCUT2D eigenvalue weighted by Gasteiger charge is 2.27. The van der Waals surface area contributed by atoms with Gasteiger partial charge in [-0.05, 0) is 19.8 Å². The topological polar surface area (TPSA) is 82.2 Å². The van der Waals surface area contributed by atoms with Crippen LogP contribution in [-0.2, 0) is 0 Å². The summed E-state index contributed by atoms with van der Waals surface area (Å²) in [6, 6.07) is 1.81. The van der Waals surface area contributed by atoms with E-state index in [1.54, 1.807) is 14.1 Å². The fourth-order valence-corrected chi connectivity index (χ4v) is 1.87. The largest absolute Gasteiger partial charge is 0.370 e. The van der Waals surface area contributed by atoms with Crippen molar-refractivity contribution >= 4 is 17.7 Å². The normalized spacial score (nSPS) is 13.7. The van der Waals surface area contributed by atoms with Gasteiger partial charge in [0, 0.05) is 45.7 Å². The molecule has 1 aliphatic carbocycles. The highest BCUT2D eigenvalue weighted by atomic mass is 16.2. The lowest BCUT2D eigenvalue weighted by Gasteiger charge is -2.13. The van der Waals surface area contributed by atoms with Crippen LogP contribution in [0.15, 0.2) is 6.07 Å². The first-order chi connectivity index (χ1) is 10.1. The summed E-state index contributed by atoms with van der Waals surface area (Å²) >= 11 is 0. The van der Waals surface area contributed by atoms with Crippen LogP contribution in [0, 0.1) is 0 Å². The summed E-state index contributed by atoms with van der Waals surface area (Å²) < 4.78 is 0. The van der Waals surface area contributed by atoms with Crippen LogP contribution in [-0.4, -0.2) is 54.6 Å². The Hall–Kier alpha value is -2.05. The number of nitrogens with zero attached hydrogens (tertiary/aromatic N) is 3. The zero-order valence-corrected chi connectivity index (χ0v) is 12.9. The average Bonchev–Trinajstić information content (AvgIpc) is 3.28. The number of amides is 2. The van der Waals surface area contributed by atoms with Gasteiger partial charge in [0.25, 0.3) is 0 Å². The molecule has 2 amide bonds. The Kier molecular flexibility index (Phi) is 5.19. The Balaban J connectivity index is 1.88. The first kappa shape index (κ1) is 15.3. The lowest BCUT2D eigenvalue weighted by atomic mass is 10.3. The number of hydrogen-bond donors (Lipinski definition) is 3. The van der Waals surface area contributed by atoms with Crippen molar-refractivity contribution in [1.29, 1.82) is 0 Å². The van der Waals surface area contributed by atoms with E-state index in [1.165, 1.54) is 17.7 Å². The van der Waals surface area contributed by atoms with Gasteiger partial charge in [-0.3, -0.25) is 0 Å². The molecule has 7 nitrogen and oxygen atoms in total. The Labute approximate surface area is 125 Å². The van der Waals surface area contributed by atoms with E-state index in [1.807, 2.05) is 13.0 Å². The summed E-state index contributed by atoms with van der Waals surface area (Å²) in [6.07, 6.45) is 2.35. The molecule has 1 aromatic rings. The first-order valence-corrected chi connectivity index (χ1v) is 7.42. The molecule has 1 saturated carbocycles. The molecule has 1 fully saturated rings. The van der Waals surface area contributed by atoms with Gasteiger partial charge in [-0.25, -0.2) is 14.8 Å². The lowest BCUT2D eigenvalue weighted by Crippen LogP contribution is -2.37. The molecule has 2 rings (SSSR count). The number of anilines is 2. The maximum absolute atomic E-state index is 11.4. The molecule has 21 heavy (non-hydrogen) atoms. The minimum Gasteiger partial charge on any atom is -0.370 e. The number of hydrogen-bond acceptors (Lipinski definition) is 5. The standard InChI is InChI=1S/C14H24N6O/c1-4-15-11-9-12(19-13(18-11)10-5-6-10)16-7-8-17-14(21)20(2)3/h9-10H,4-8H2,1-3H3,(H,17,21)(H2,15,16,18,19). The average molecular weight is 292 g/mol. The predicted molar refractivity (Wildman–Crippen MR) is 83.7 cm³/mol. The quantitative estimate of drug-likeness (QED) is 0.663. The summed E-state index contributed by atoms with van der Waals surface area (Å²) in [5.74, 6) is 3.09. The molecular formula is C14H24N6O. The Morgan fingerprint density at radius 2 is 1.90 bits per heavy atom. The van der Waals surface area contributed by atoms with Crippen molar-refractivity contribution in [1.82, 2.24) is 20.2 Å². The van der Waals surface area contributed by atoms with Crippen molar-refractivity contribution in [3.8, 4) is 0 Å². The number of nitrogens with one attached hydrogen (secondary N) is 3. The van der Waals surface area contributed by atoms with Crippen molar-refractivity contribution in [2.75, 3.05) is 44.4 Å². The summed E-state index contributed by atoms with van der Waals surface area (Å²) in [5.41, 5.74) is 0. The molecule has 0 spiro atoms. The maximum atomic E-state index is 11.4. The van der Waals surface area contributed by atoms with Crippen LogP contribution >= 0.6 is 0 Å². The maximum Gasteiger partial charge on any atom is 0.316 e. The summed E-state index contributed by atoms with van der Waals surface area (Å²) in [7, 11) is 3.44. The van der Waals surface area contributed by atoms with Gasteiger partial charge in [0.05, 0.1) is 0 Å². The highest BCUT2D eigenvalue weighted by molar-refractivity contribution is 5.73. The lowest BCUT2D eigenvalue weighted by molar-refractivity contribution is 0.218. The van der Waals surface area contributed by atoms with Crippen molar-refractivity contribution < 1.29 is 4.79 Å². The molecule has 0 aromatic carbocycles. The number of carbonyl (C=O) groups excluding carboxylic acids is 1. The highest BCUT2D eigenvalue weighted by Crippen LogP contribution is 2.38. The van der Waals surface area contributed by atoms with Crippen LogP contribution in [0.25, 0.3) is 0 Å². The molecule has 7 heteroatoms. The van der Waals surface area contributed by atoms with Crippen LogP contribution in [0.2, 0.25) is 0 Å². The third-order valence-corrected chi connectivity index (χ3v) is 3.16. The fourth-order valence-electron chi connectivity index (χ4n) is 1.87. The number of rotatable bonds is 7. The smallest absolute Gasteiger partial charge is 0.316 e. The van der Waals surface area contributed by atoms with Crippen LogP contribution in [0.3, 0.4) is 0 Å². The van der Waals surface area contributed by atoms with Crippen molar-refractivity contribution in [3.63, 3.8) is 0 Å². The minimum absolute atomic E-state index is 0.0912. The van der Waals surface area contributed by atoms with Gasteiger partial charge >= 0.3 is 6.03 Å². The molecule has 3 N–H and O–H groups in total. The van der Waals surface area contributed by atoms with E-state index in [-0.39, 0.29) is 6.03 Å². The summed E-state index contributed by atoms with van der Waals surface area (Å²) in [5, 5.41) is 9.27. The molecule has 0 atom stereocenters. The van der Waals surface area contributed by atoms with E-state index in [9.17, 15) is 4.79 Å². The van der Waals surface area contributed by atoms with E-state index < -0.39 is 0 Å². The van der Waals surface area contributed by atoms with Crippen molar-refractivity contribution in [3.05, 3.63) is 11.9 Å². The van der Waals surface area contributed by atoms with Crippen molar-refractivity contribution in [2.45, 2.75) is 25.7 Å². The van der Waals surface area contributed by atoms with Gasteiger partial charge in [0.1, 0.15) is 17.5 Å². The Morgan fingerprint density at radius 3 is 2.48 bits per heavy atom. The van der Waals surface area contributed by atoms with Gasteiger partial charge in [-0.1, -0.05) is 0 Å². The first-order valence-electron chi connectivity index (χ1n) is 7.42. The van der Waals surface area contributed by atoms with Crippen LogP contribution < -0.4 is 16.0 Å². The molecule has 0 radical (unpaired) electrons. The Morgan fingerprint density at radius 1 is 1.24 bits per heavy atom. The van der Waals surface area contributed by atoms with Gasteiger partial charge in [-0.2, -0.15) is 0 Å². The van der Waals surface area contributed by atoms with Gasteiger partial charge < -0.3 is 20.9 Å². The van der Waals surface area contributed by atoms with E-state index in [4.69, 9.17) is 0 Å². The molecule has 1 aromatic heterocycles. The van der Waals surface area contributed by atoms with Crippen molar-refractivity contribution in [2.24, 2.45) is 0 Å². The molecular weight excluding hydrogens is 268 g/mol. The summed E-state index contributed by atoms with van der Waals surface area (Å²) in [6.45, 7) is 4.06. The second-order valence-corrected chi connectivity index (χ2v) is 5.35. The molecule has 0 bridgehead atoms. The molecule has 116 valence electrons. The van der Waals surface area contributed by atoms with Crippen LogP contribution in [0.1, 0.15) is 31.5 Å². The minimum atomic E-state index is -0.0912. The molecule has 1 heterocycles. The SMILES string of the molecule is CCNc1cc(NCCNC(=O)N(C)C)nc(C2CC2)n1. The zero-order valence-electron chi connectivity index (χ0n) is 12.9. The third kappa shape index (κ3) is 4.77. The predicted octanol–water partition coefficient (Wildman–Crippen LogP) is 1.47. The van der Waals surface area contributed by atoms with E-state index in [0.29, 0.717) is 19.0 Å². The zero-order chi connectivity index (χ0) is 15.2. The van der Waals surface area contributed by atoms with E-state index in [0.717, 1.165) is 24.0 Å². The van der Waals surface area contributed by atoms with E-state index >= 15 is 0 Å². The monoisotopic (exact) mass is 292 g/mol. The second kappa shape index (κ2) is 7.10. The van der Waals surface area contributed by atoms with Gasteiger partial charge in [-0.15, -0.1) is 0 Å². The molecule has 0 aliphatic heterocycles. The third-order valence-electron chi connectivity index (χ3n) is 3.16. The van der Waals surface area contributed by atoms with Gasteiger partial charge in [0.15, 0.2) is 0 Å². The van der Waals surface area contributed by atoms with Crippen LogP contribution in [0.5, 0.6) is 0 Å². The Bertz CT molecular complexity index is 486. The number of aromatic nitrogens is 2. The van der Waals surface area contributed by atoms with Gasteiger partial charge in [0.2, 0.25) is 0 Å². The molecule has 1 aliphatic rings. The molecule has 0 saturated heterocycles. The van der Waals surface area contributed by atoms with E-state index in [2.05, 4.69) is 25.9 Å². The molecule has 0 unspecified atom stereocenters. The van der Waals surface area contributed by atoms with Crippen LogP contribution in [0.4, 0.5) is 16.4 Å². The number of urea groups is 1. The second-order valence-electron chi connectivity index (χ2n) is 5.35. The number of carbonyl (C=O) groups is 1.